The first kappa shape index (κ1) is 29.4. The number of esters is 1. The van der Waals surface area contributed by atoms with Gasteiger partial charge in [-0.15, -0.1) is 0 Å². The normalized spacial score (nSPS) is 11.6. The fraction of sp³-hybridized carbons (Fsp3) is 0.531. The highest BCUT2D eigenvalue weighted by Gasteiger charge is 2.26. The van der Waals surface area contributed by atoms with E-state index in [2.05, 4.69) is 4.98 Å². The molecule has 6 nitrogen and oxygen atoms in total. The summed E-state index contributed by atoms with van der Waals surface area (Å²) in [4.78, 5) is 28.4. The maximum atomic E-state index is 12.4. The molecule has 0 aliphatic carbocycles. The Kier molecular flexibility index (Phi) is 11.8. The summed E-state index contributed by atoms with van der Waals surface area (Å²) in [5.74, 6) is 0.735. The lowest BCUT2D eigenvalue weighted by Gasteiger charge is -2.20. The molecular weight excluding hydrogens is 478 g/mol. The van der Waals surface area contributed by atoms with E-state index in [0.29, 0.717) is 24.4 Å². The van der Waals surface area contributed by atoms with Gasteiger partial charge in [0.05, 0.1) is 24.2 Å². The number of unbranched alkanes of at least 4 members (excludes halogenated alkanes) is 9. The van der Waals surface area contributed by atoms with Gasteiger partial charge in [0.2, 0.25) is 0 Å². The SMILES string of the molecule is CCC(C)(C)C(=O)OCCCCCCCCCCCCOc1ccc(-c2cc3cnccc3oc2=O)cc1. The summed E-state index contributed by atoms with van der Waals surface area (Å²) in [5, 5.41) is 0.800. The molecule has 0 unspecified atom stereocenters. The molecule has 6 heteroatoms. The van der Waals surface area contributed by atoms with E-state index in [-0.39, 0.29) is 17.0 Å². The molecule has 0 radical (unpaired) electrons. The van der Waals surface area contributed by atoms with Crippen LogP contribution in [0.15, 0.2) is 58.0 Å². The van der Waals surface area contributed by atoms with E-state index in [1.54, 1.807) is 18.5 Å². The lowest BCUT2D eigenvalue weighted by atomic mass is 9.91. The topological polar surface area (TPSA) is 78.6 Å². The van der Waals surface area contributed by atoms with Crippen molar-refractivity contribution in [3.05, 3.63) is 59.2 Å². The molecule has 0 spiro atoms. The molecule has 2 heterocycles. The highest BCUT2D eigenvalue weighted by molar-refractivity contribution is 5.80. The Bertz CT molecular complexity index is 1180. The van der Waals surface area contributed by atoms with Crippen LogP contribution < -0.4 is 10.4 Å². The fourth-order valence-electron chi connectivity index (χ4n) is 4.21. The van der Waals surface area contributed by atoms with Crippen molar-refractivity contribution in [1.29, 1.82) is 0 Å². The van der Waals surface area contributed by atoms with Crippen LogP contribution in [0.3, 0.4) is 0 Å². The summed E-state index contributed by atoms with van der Waals surface area (Å²) in [5.41, 5.74) is 1.14. The summed E-state index contributed by atoms with van der Waals surface area (Å²) in [6.45, 7) is 7.15. The first-order chi connectivity index (χ1) is 18.4. The highest BCUT2D eigenvalue weighted by Crippen LogP contribution is 2.24. The first-order valence-electron chi connectivity index (χ1n) is 14.2. The van der Waals surface area contributed by atoms with Crippen LogP contribution in [0, 0.1) is 5.41 Å². The van der Waals surface area contributed by atoms with E-state index in [0.717, 1.165) is 42.4 Å². The molecule has 3 rings (SSSR count). The number of hydrogen-bond acceptors (Lipinski definition) is 6. The number of fused-ring (bicyclic) bond motifs is 1. The smallest absolute Gasteiger partial charge is 0.344 e. The van der Waals surface area contributed by atoms with Gasteiger partial charge in [0, 0.05) is 17.8 Å². The maximum absolute atomic E-state index is 12.4. The van der Waals surface area contributed by atoms with Crippen LogP contribution in [0.1, 0.15) is 91.4 Å². The number of rotatable bonds is 17. The summed E-state index contributed by atoms with van der Waals surface area (Å²) in [6.07, 6.45) is 15.9. The zero-order valence-electron chi connectivity index (χ0n) is 23.3. The molecule has 0 saturated heterocycles. The van der Waals surface area contributed by atoms with Crippen molar-refractivity contribution in [2.75, 3.05) is 13.2 Å². The predicted octanol–water partition coefficient (Wildman–Crippen LogP) is 8.11. The van der Waals surface area contributed by atoms with Crippen LogP contribution in [0.4, 0.5) is 0 Å². The monoisotopic (exact) mass is 521 g/mol. The Labute approximate surface area is 226 Å². The summed E-state index contributed by atoms with van der Waals surface area (Å²) >= 11 is 0. The van der Waals surface area contributed by atoms with Gasteiger partial charge in [-0.1, -0.05) is 70.4 Å². The molecule has 0 bridgehead atoms. The average molecular weight is 522 g/mol. The molecule has 1 aromatic carbocycles. The Balaban J connectivity index is 1.20. The fourth-order valence-corrected chi connectivity index (χ4v) is 4.21. The van der Waals surface area contributed by atoms with Crippen molar-refractivity contribution < 1.29 is 18.7 Å². The third-order valence-corrected chi connectivity index (χ3v) is 7.17. The van der Waals surface area contributed by atoms with Gasteiger partial charge in [-0.05, 0) is 62.9 Å². The molecule has 0 aliphatic heterocycles. The number of aromatic nitrogens is 1. The number of benzene rings is 1. The molecule has 38 heavy (non-hydrogen) atoms. The molecule has 2 aromatic heterocycles. The number of ether oxygens (including phenoxy) is 2. The number of pyridine rings is 1. The molecule has 0 aliphatic rings. The molecule has 0 atom stereocenters. The maximum Gasteiger partial charge on any atom is 0.344 e. The van der Waals surface area contributed by atoms with Crippen LogP contribution in [0.25, 0.3) is 22.1 Å². The molecule has 0 amide bonds. The van der Waals surface area contributed by atoms with E-state index in [1.807, 2.05) is 51.1 Å². The van der Waals surface area contributed by atoms with E-state index in [9.17, 15) is 9.59 Å². The second kappa shape index (κ2) is 15.3. The number of carbonyl (C=O) groups is 1. The van der Waals surface area contributed by atoms with Crippen LogP contribution in [-0.2, 0) is 9.53 Å². The van der Waals surface area contributed by atoms with E-state index in [1.165, 1.54) is 44.9 Å². The van der Waals surface area contributed by atoms with Crippen molar-refractivity contribution in [2.45, 2.75) is 91.4 Å². The van der Waals surface area contributed by atoms with Crippen LogP contribution >= 0.6 is 0 Å². The minimum atomic E-state index is -0.365. The van der Waals surface area contributed by atoms with Gasteiger partial charge >= 0.3 is 11.6 Å². The third-order valence-electron chi connectivity index (χ3n) is 7.17. The molecule has 3 aromatic rings. The first-order valence-corrected chi connectivity index (χ1v) is 14.2. The van der Waals surface area contributed by atoms with Gasteiger partial charge < -0.3 is 13.9 Å². The standard InChI is InChI=1S/C32H43NO5/c1-4-32(2,3)31(35)37-22-14-12-10-8-6-5-7-9-11-13-21-36-27-17-15-25(16-18-27)28-23-26-24-33-20-19-29(26)38-30(28)34/h15-20,23-24H,4-14,21-22H2,1-3H3. The van der Waals surface area contributed by atoms with Gasteiger partial charge in [-0.2, -0.15) is 0 Å². The Morgan fingerprint density at radius 1 is 0.868 bits per heavy atom. The number of carbonyl (C=O) groups excluding carboxylic acids is 1. The minimum Gasteiger partial charge on any atom is -0.494 e. The van der Waals surface area contributed by atoms with E-state index >= 15 is 0 Å². The van der Waals surface area contributed by atoms with Gasteiger partial charge in [0.15, 0.2) is 0 Å². The lowest BCUT2D eigenvalue weighted by Crippen LogP contribution is -2.26. The van der Waals surface area contributed by atoms with Crippen molar-refractivity contribution in [3.8, 4) is 16.9 Å². The van der Waals surface area contributed by atoms with E-state index < -0.39 is 0 Å². The Morgan fingerprint density at radius 3 is 2.11 bits per heavy atom. The highest BCUT2D eigenvalue weighted by atomic mass is 16.5. The molecule has 206 valence electrons. The van der Waals surface area contributed by atoms with Crippen LogP contribution in [0.2, 0.25) is 0 Å². The zero-order chi connectivity index (χ0) is 27.2. The lowest BCUT2D eigenvalue weighted by molar-refractivity contribution is -0.154. The Morgan fingerprint density at radius 2 is 1.47 bits per heavy atom. The van der Waals surface area contributed by atoms with Gasteiger partial charge in [0.25, 0.3) is 0 Å². The molecule has 0 fully saturated rings. The Hall–Kier alpha value is -3.15. The van der Waals surface area contributed by atoms with Crippen molar-refractivity contribution in [1.82, 2.24) is 4.98 Å². The molecular formula is C32H43NO5. The van der Waals surface area contributed by atoms with Gasteiger partial charge in [-0.3, -0.25) is 9.78 Å². The molecule has 0 saturated carbocycles. The average Bonchev–Trinajstić information content (AvgIpc) is 2.93. The third kappa shape index (κ3) is 9.30. The second-order valence-electron chi connectivity index (χ2n) is 10.6. The molecule has 0 N–H and O–H groups in total. The minimum absolute atomic E-state index is 0.0750. The van der Waals surface area contributed by atoms with Gasteiger partial charge in [-0.25, -0.2) is 4.79 Å². The van der Waals surface area contributed by atoms with Crippen molar-refractivity contribution >= 4 is 16.9 Å². The summed E-state index contributed by atoms with van der Waals surface area (Å²) in [6, 6.07) is 11.1. The number of nitrogens with zero attached hydrogens (tertiary/aromatic N) is 1. The zero-order valence-corrected chi connectivity index (χ0v) is 23.3. The summed E-state index contributed by atoms with van der Waals surface area (Å²) < 4.78 is 16.7. The van der Waals surface area contributed by atoms with Crippen LogP contribution in [-0.4, -0.2) is 24.2 Å². The van der Waals surface area contributed by atoms with Crippen molar-refractivity contribution in [2.24, 2.45) is 5.41 Å². The quantitative estimate of drug-likeness (QED) is 0.132. The van der Waals surface area contributed by atoms with Crippen molar-refractivity contribution in [3.63, 3.8) is 0 Å². The number of hydrogen-bond donors (Lipinski definition) is 0. The largest absolute Gasteiger partial charge is 0.494 e. The second-order valence-corrected chi connectivity index (χ2v) is 10.6. The summed E-state index contributed by atoms with van der Waals surface area (Å²) in [7, 11) is 0. The van der Waals surface area contributed by atoms with E-state index in [4.69, 9.17) is 13.9 Å². The van der Waals surface area contributed by atoms with Crippen LogP contribution in [0.5, 0.6) is 5.75 Å². The van der Waals surface area contributed by atoms with Gasteiger partial charge in [0.1, 0.15) is 11.3 Å². The predicted molar refractivity (Wildman–Crippen MR) is 152 cm³/mol.